The van der Waals surface area contributed by atoms with E-state index in [1.165, 1.54) is 18.2 Å². The Hall–Kier alpha value is -3.29. The molecule has 2 aromatic carbocycles. The molecule has 2 heterocycles. The van der Waals surface area contributed by atoms with E-state index in [0.29, 0.717) is 45.6 Å². The van der Waals surface area contributed by atoms with Crippen LogP contribution in [0.5, 0.6) is 11.5 Å². The Labute approximate surface area is 239 Å². The summed E-state index contributed by atoms with van der Waals surface area (Å²) in [6, 6.07) is 19.3. The molecule has 1 saturated heterocycles. The van der Waals surface area contributed by atoms with Crippen LogP contribution in [0.15, 0.2) is 70.6 Å². The average molecular weight is 562 g/mol. The molecule has 1 aliphatic carbocycles. The second-order valence-electron chi connectivity index (χ2n) is 9.66. The summed E-state index contributed by atoms with van der Waals surface area (Å²) in [7, 11) is 0. The molecule has 202 valence electrons. The van der Waals surface area contributed by atoms with Gasteiger partial charge in [0.2, 0.25) is 0 Å². The second-order valence-corrected chi connectivity index (χ2v) is 11.1. The number of benzene rings is 2. The molecule has 3 aromatic rings. The Balaban J connectivity index is 1.41. The Morgan fingerprint density at radius 2 is 1.85 bits per heavy atom. The molecular formula is C31H32ClN3O3S. The van der Waals surface area contributed by atoms with Crippen LogP contribution in [0.1, 0.15) is 55.8 Å². The number of rotatable bonds is 8. The number of halogens is 1. The Kier molecular flexibility index (Phi) is 8.89. The molecular weight excluding hydrogens is 530 g/mol. The molecule has 39 heavy (non-hydrogen) atoms. The number of hydrogen-bond donors (Lipinski definition) is 0. The van der Waals surface area contributed by atoms with Crippen LogP contribution in [0.4, 0.5) is 5.82 Å². The van der Waals surface area contributed by atoms with Gasteiger partial charge in [-0.2, -0.15) is 0 Å². The molecule has 0 atom stereocenters. The van der Waals surface area contributed by atoms with Gasteiger partial charge < -0.3 is 9.47 Å². The Morgan fingerprint density at radius 3 is 2.59 bits per heavy atom. The van der Waals surface area contributed by atoms with Crippen molar-refractivity contribution in [1.29, 1.82) is 0 Å². The van der Waals surface area contributed by atoms with Crippen molar-refractivity contribution in [3.05, 3.63) is 87.4 Å². The van der Waals surface area contributed by atoms with E-state index < -0.39 is 0 Å². The highest BCUT2D eigenvalue weighted by Gasteiger charge is 2.38. The van der Waals surface area contributed by atoms with Crippen molar-refractivity contribution in [2.24, 2.45) is 4.99 Å². The number of carbonyl (C=O) groups is 1. The van der Waals surface area contributed by atoms with Gasteiger partial charge >= 0.3 is 0 Å². The normalized spacial score (nSPS) is 18.2. The maximum absolute atomic E-state index is 13.7. The third-order valence-electron chi connectivity index (χ3n) is 6.73. The first-order valence-corrected chi connectivity index (χ1v) is 14.6. The predicted octanol–water partition coefficient (Wildman–Crippen LogP) is 7.96. The summed E-state index contributed by atoms with van der Waals surface area (Å²) in [5.74, 6) is 1.90. The monoisotopic (exact) mass is 561 g/mol. The van der Waals surface area contributed by atoms with Crippen LogP contribution in [0.2, 0.25) is 5.02 Å². The molecule has 1 amide bonds. The molecule has 2 aliphatic rings. The van der Waals surface area contributed by atoms with Gasteiger partial charge in [0.1, 0.15) is 6.61 Å². The van der Waals surface area contributed by atoms with Gasteiger partial charge in [0, 0.05) is 16.8 Å². The fourth-order valence-corrected chi connectivity index (χ4v) is 5.98. The minimum atomic E-state index is -0.000622. The van der Waals surface area contributed by atoms with Crippen LogP contribution in [-0.4, -0.2) is 33.6 Å². The Bertz CT molecular complexity index is 1380. The number of hydrogen-bond acceptors (Lipinski definition) is 6. The fraction of sp³-hybridized carbons (Fsp3) is 0.323. The second kappa shape index (κ2) is 12.7. The third-order valence-corrected chi connectivity index (χ3v) is 7.97. The lowest BCUT2D eigenvalue weighted by Gasteiger charge is -2.30. The van der Waals surface area contributed by atoms with Crippen molar-refractivity contribution in [3.8, 4) is 11.5 Å². The van der Waals surface area contributed by atoms with Crippen molar-refractivity contribution in [1.82, 2.24) is 9.88 Å². The largest absolute Gasteiger partial charge is 0.490 e. The summed E-state index contributed by atoms with van der Waals surface area (Å²) >= 11 is 7.41. The average Bonchev–Trinajstić information content (AvgIpc) is 3.23. The fourth-order valence-electron chi connectivity index (χ4n) is 4.81. The van der Waals surface area contributed by atoms with E-state index in [-0.39, 0.29) is 11.9 Å². The first-order chi connectivity index (χ1) is 19.0. The maximum atomic E-state index is 13.7. The van der Waals surface area contributed by atoms with E-state index >= 15 is 0 Å². The summed E-state index contributed by atoms with van der Waals surface area (Å²) in [5.41, 5.74) is 2.78. The molecule has 0 radical (unpaired) electrons. The maximum Gasteiger partial charge on any atom is 0.267 e. The number of carbonyl (C=O) groups excluding carboxylic acids is 1. The number of aryl methyl sites for hydroxylation is 1. The smallest absolute Gasteiger partial charge is 0.267 e. The van der Waals surface area contributed by atoms with Crippen LogP contribution in [-0.2, 0) is 11.4 Å². The summed E-state index contributed by atoms with van der Waals surface area (Å²) in [6.45, 7) is 4.78. The molecule has 8 heteroatoms. The zero-order chi connectivity index (χ0) is 27.2. The number of amides is 1. The van der Waals surface area contributed by atoms with E-state index in [4.69, 9.17) is 26.1 Å². The quantitative estimate of drug-likeness (QED) is 0.261. The topological polar surface area (TPSA) is 64.0 Å². The minimum Gasteiger partial charge on any atom is -0.490 e. The zero-order valence-electron chi connectivity index (χ0n) is 22.2. The molecule has 0 spiro atoms. The lowest BCUT2D eigenvalue weighted by molar-refractivity contribution is -0.124. The molecule has 0 N–H and O–H groups in total. The van der Waals surface area contributed by atoms with E-state index in [1.807, 2.05) is 85.5 Å². The summed E-state index contributed by atoms with van der Waals surface area (Å²) in [4.78, 5) is 25.6. The number of nitrogens with zero attached hydrogens (tertiary/aromatic N) is 3. The number of aromatic nitrogens is 1. The van der Waals surface area contributed by atoms with Crippen LogP contribution >= 0.6 is 23.4 Å². The van der Waals surface area contributed by atoms with Crippen molar-refractivity contribution in [2.75, 3.05) is 6.61 Å². The lowest BCUT2D eigenvalue weighted by Crippen LogP contribution is -2.40. The highest BCUT2D eigenvalue weighted by atomic mass is 35.5. The van der Waals surface area contributed by atoms with Crippen molar-refractivity contribution in [2.45, 2.75) is 58.6 Å². The van der Waals surface area contributed by atoms with Crippen LogP contribution in [0, 0.1) is 6.92 Å². The first-order valence-electron chi connectivity index (χ1n) is 13.4. The van der Waals surface area contributed by atoms with E-state index in [9.17, 15) is 4.79 Å². The highest BCUT2D eigenvalue weighted by molar-refractivity contribution is 8.18. The molecule has 1 saturated carbocycles. The van der Waals surface area contributed by atoms with Gasteiger partial charge in [-0.25, -0.2) is 9.98 Å². The van der Waals surface area contributed by atoms with Crippen LogP contribution in [0.3, 0.4) is 0 Å². The summed E-state index contributed by atoms with van der Waals surface area (Å²) in [6.07, 6.45) is 7.38. The number of thioether (sulfide) groups is 1. The van der Waals surface area contributed by atoms with Gasteiger partial charge in [-0.1, -0.05) is 55.1 Å². The number of amidine groups is 1. The van der Waals surface area contributed by atoms with Gasteiger partial charge in [0.25, 0.3) is 5.91 Å². The molecule has 1 aromatic heterocycles. The molecule has 6 nitrogen and oxygen atoms in total. The molecule has 2 fully saturated rings. The van der Waals surface area contributed by atoms with Gasteiger partial charge in [0.15, 0.2) is 22.5 Å². The number of pyridine rings is 1. The van der Waals surface area contributed by atoms with Crippen molar-refractivity contribution < 1.29 is 14.3 Å². The minimum absolute atomic E-state index is 0.000622. The SMILES string of the molecule is CCOc1cc(/C=C2\S/C(=N/c3cccc(C)n3)N(C3CCCCC3)C2=O)ccc1OCc1ccc(Cl)cc1. The van der Waals surface area contributed by atoms with Crippen LogP contribution < -0.4 is 9.47 Å². The first kappa shape index (κ1) is 27.3. The third kappa shape index (κ3) is 6.84. The molecule has 0 unspecified atom stereocenters. The summed E-state index contributed by atoms with van der Waals surface area (Å²) < 4.78 is 12.0. The van der Waals surface area contributed by atoms with E-state index in [0.717, 1.165) is 42.5 Å². The summed E-state index contributed by atoms with van der Waals surface area (Å²) in [5, 5.41) is 1.39. The highest BCUT2D eigenvalue weighted by Crippen LogP contribution is 2.39. The predicted molar refractivity (Wildman–Crippen MR) is 159 cm³/mol. The number of ether oxygens (including phenoxy) is 2. The van der Waals surface area contributed by atoms with Crippen molar-refractivity contribution in [3.63, 3.8) is 0 Å². The number of aliphatic imine (C=N–C) groups is 1. The standard InChI is InChI=1S/C31H32ClN3O3S/c1-3-37-27-18-23(14-17-26(27)38-20-22-12-15-24(32)16-13-22)19-28-30(36)35(25-9-5-4-6-10-25)31(39-28)34-29-11-7-8-21(2)33-29/h7-8,11-19,25H,3-6,9-10,20H2,1-2H3/b28-19-,34-31+. The van der Waals surface area contributed by atoms with E-state index in [1.54, 1.807) is 0 Å². The van der Waals surface area contributed by atoms with Gasteiger partial charge in [-0.3, -0.25) is 9.69 Å². The molecule has 5 rings (SSSR count). The van der Waals surface area contributed by atoms with Gasteiger partial charge in [-0.15, -0.1) is 0 Å². The van der Waals surface area contributed by atoms with Crippen LogP contribution in [0.25, 0.3) is 6.08 Å². The molecule has 0 bridgehead atoms. The lowest BCUT2D eigenvalue weighted by atomic mass is 9.94. The van der Waals surface area contributed by atoms with E-state index in [2.05, 4.69) is 4.98 Å². The van der Waals surface area contributed by atoms with Gasteiger partial charge in [-0.05, 0) is 92.1 Å². The Morgan fingerprint density at radius 1 is 1.05 bits per heavy atom. The molecule has 1 aliphatic heterocycles. The van der Waals surface area contributed by atoms with Gasteiger partial charge in [0.05, 0.1) is 11.5 Å². The zero-order valence-corrected chi connectivity index (χ0v) is 23.8. The van der Waals surface area contributed by atoms with Crippen molar-refractivity contribution >= 4 is 46.3 Å².